The second-order valence-corrected chi connectivity index (χ2v) is 5.40. The highest BCUT2D eigenvalue weighted by molar-refractivity contribution is 5.62. The molecule has 0 fully saturated rings. The van der Waals surface area contributed by atoms with Crippen molar-refractivity contribution in [1.82, 2.24) is 4.98 Å². The Morgan fingerprint density at radius 3 is 2.57 bits per heavy atom. The number of nitrogens with zero attached hydrogens (tertiary/aromatic N) is 2. The number of hydrogen-bond donors (Lipinski definition) is 1. The summed E-state index contributed by atoms with van der Waals surface area (Å²) in [5.41, 5.74) is 4.31. The molecule has 0 spiro atoms. The molecule has 0 bridgehead atoms. The molecular weight excluding hydrogens is 265 g/mol. The van der Waals surface area contributed by atoms with Crippen LogP contribution in [0.3, 0.4) is 0 Å². The maximum Gasteiger partial charge on any atom is 0.141 e. The predicted molar refractivity (Wildman–Crippen MR) is 86.4 cm³/mol. The summed E-state index contributed by atoms with van der Waals surface area (Å²) in [4.78, 5) is 6.27. The van der Waals surface area contributed by atoms with Crippen molar-refractivity contribution in [1.29, 1.82) is 0 Å². The van der Waals surface area contributed by atoms with E-state index in [2.05, 4.69) is 47.2 Å². The highest BCUT2D eigenvalue weighted by Crippen LogP contribution is 2.26. The van der Waals surface area contributed by atoms with Crippen molar-refractivity contribution < 1.29 is 4.39 Å². The molecule has 1 N–H and O–H groups in total. The van der Waals surface area contributed by atoms with Gasteiger partial charge in [-0.3, -0.25) is 4.98 Å². The van der Waals surface area contributed by atoms with Gasteiger partial charge >= 0.3 is 0 Å². The molecular formula is C17H22FN3. The van der Waals surface area contributed by atoms with Crippen LogP contribution in [0.15, 0.2) is 36.5 Å². The summed E-state index contributed by atoms with van der Waals surface area (Å²) >= 11 is 0. The van der Waals surface area contributed by atoms with Gasteiger partial charge in [0.15, 0.2) is 0 Å². The van der Waals surface area contributed by atoms with Gasteiger partial charge in [0.05, 0.1) is 17.9 Å². The molecule has 0 amide bonds. The van der Waals surface area contributed by atoms with Crippen LogP contribution in [0.5, 0.6) is 0 Å². The van der Waals surface area contributed by atoms with Gasteiger partial charge in [0, 0.05) is 25.5 Å². The minimum absolute atomic E-state index is 0.0725. The molecule has 3 nitrogen and oxygen atoms in total. The summed E-state index contributed by atoms with van der Waals surface area (Å²) in [5.74, 6) is -0.307. The van der Waals surface area contributed by atoms with E-state index in [1.807, 2.05) is 14.1 Å². The number of aryl methyl sites for hydroxylation is 1. The molecule has 1 atom stereocenters. The van der Waals surface area contributed by atoms with Crippen molar-refractivity contribution in [3.05, 3.63) is 53.6 Å². The van der Waals surface area contributed by atoms with Crippen molar-refractivity contribution in [2.45, 2.75) is 26.3 Å². The quantitative estimate of drug-likeness (QED) is 0.895. The van der Waals surface area contributed by atoms with E-state index in [1.54, 1.807) is 6.07 Å². The lowest BCUT2D eigenvalue weighted by Crippen LogP contribution is -2.13. The van der Waals surface area contributed by atoms with Crippen LogP contribution in [-0.4, -0.2) is 19.1 Å². The Labute approximate surface area is 125 Å². The molecule has 4 heteroatoms. The molecule has 1 unspecified atom stereocenters. The Kier molecular flexibility index (Phi) is 4.78. The molecule has 2 rings (SSSR count). The fourth-order valence-electron chi connectivity index (χ4n) is 2.36. The molecule has 0 radical (unpaired) electrons. The number of aromatic nitrogens is 1. The van der Waals surface area contributed by atoms with Gasteiger partial charge in [-0.1, -0.05) is 13.0 Å². The van der Waals surface area contributed by atoms with Gasteiger partial charge in [0.25, 0.3) is 0 Å². The van der Waals surface area contributed by atoms with E-state index in [0.717, 1.165) is 17.8 Å². The molecule has 0 saturated carbocycles. The maximum atomic E-state index is 13.0. The number of pyridine rings is 1. The standard InChI is InChI=1S/C17H22FN3/c1-5-15(16-9-7-13(18)11-19-16)20-14-8-6-12(2)17(10-14)21(3)4/h6-11,15,20H,5H2,1-4H3. The molecule has 2 aromatic rings. The Bertz CT molecular complexity index is 593. The lowest BCUT2D eigenvalue weighted by Gasteiger charge is -2.21. The fourth-order valence-corrected chi connectivity index (χ4v) is 2.36. The van der Waals surface area contributed by atoms with E-state index in [-0.39, 0.29) is 11.9 Å². The topological polar surface area (TPSA) is 28.2 Å². The van der Waals surface area contributed by atoms with E-state index in [9.17, 15) is 4.39 Å². The van der Waals surface area contributed by atoms with Crippen molar-refractivity contribution in [3.63, 3.8) is 0 Å². The Morgan fingerprint density at radius 1 is 1.24 bits per heavy atom. The summed E-state index contributed by atoms with van der Waals surface area (Å²) in [6, 6.07) is 9.55. The molecule has 21 heavy (non-hydrogen) atoms. The normalized spacial score (nSPS) is 12.0. The van der Waals surface area contributed by atoms with Crippen LogP contribution in [0.1, 0.15) is 30.6 Å². The van der Waals surface area contributed by atoms with Crippen LogP contribution in [-0.2, 0) is 0 Å². The summed E-state index contributed by atoms with van der Waals surface area (Å²) in [5, 5.41) is 3.48. The fraction of sp³-hybridized carbons (Fsp3) is 0.353. The van der Waals surface area contributed by atoms with Crippen molar-refractivity contribution in [3.8, 4) is 0 Å². The van der Waals surface area contributed by atoms with Gasteiger partial charge in [-0.05, 0) is 43.2 Å². The highest BCUT2D eigenvalue weighted by atomic mass is 19.1. The van der Waals surface area contributed by atoms with E-state index < -0.39 is 0 Å². The zero-order chi connectivity index (χ0) is 15.4. The second kappa shape index (κ2) is 6.57. The molecule has 0 saturated heterocycles. The van der Waals surface area contributed by atoms with Crippen LogP contribution in [0.2, 0.25) is 0 Å². The Balaban J connectivity index is 2.22. The summed E-state index contributed by atoms with van der Waals surface area (Å²) in [7, 11) is 4.07. The largest absolute Gasteiger partial charge is 0.377 e. The van der Waals surface area contributed by atoms with Gasteiger partial charge < -0.3 is 10.2 Å². The van der Waals surface area contributed by atoms with E-state index >= 15 is 0 Å². The van der Waals surface area contributed by atoms with Crippen LogP contribution in [0, 0.1) is 12.7 Å². The number of anilines is 2. The third-order valence-electron chi connectivity index (χ3n) is 3.55. The van der Waals surface area contributed by atoms with Crippen LogP contribution < -0.4 is 10.2 Å². The first-order chi connectivity index (χ1) is 10.0. The van der Waals surface area contributed by atoms with Gasteiger partial charge in [0.1, 0.15) is 5.82 Å². The summed E-state index contributed by atoms with van der Waals surface area (Å²) in [6.07, 6.45) is 2.14. The minimum atomic E-state index is -0.307. The molecule has 0 aliphatic rings. The second-order valence-electron chi connectivity index (χ2n) is 5.40. The number of benzene rings is 1. The number of rotatable bonds is 5. The lowest BCUT2D eigenvalue weighted by atomic mass is 10.1. The first-order valence-corrected chi connectivity index (χ1v) is 7.17. The average molecular weight is 287 g/mol. The summed E-state index contributed by atoms with van der Waals surface area (Å²) < 4.78 is 13.0. The molecule has 0 aliphatic carbocycles. The highest BCUT2D eigenvalue weighted by Gasteiger charge is 2.12. The molecule has 1 aromatic heterocycles. The van der Waals surface area contributed by atoms with Crippen molar-refractivity contribution in [2.75, 3.05) is 24.3 Å². The van der Waals surface area contributed by atoms with E-state index in [0.29, 0.717) is 0 Å². The van der Waals surface area contributed by atoms with Crippen LogP contribution in [0.25, 0.3) is 0 Å². The maximum absolute atomic E-state index is 13.0. The van der Waals surface area contributed by atoms with E-state index in [4.69, 9.17) is 0 Å². The van der Waals surface area contributed by atoms with Gasteiger partial charge in [0.2, 0.25) is 0 Å². The van der Waals surface area contributed by atoms with Crippen LogP contribution in [0.4, 0.5) is 15.8 Å². The van der Waals surface area contributed by atoms with Gasteiger partial charge in [-0.15, -0.1) is 0 Å². The summed E-state index contributed by atoms with van der Waals surface area (Å²) in [6.45, 7) is 4.18. The molecule has 0 aliphatic heterocycles. The third kappa shape index (κ3) is 3.72. The molecule has 112 valence electrons. The minimum Gasteiger partial charge on any atom is -0.377 e. The Hall–Kier alpha value is -2.10. The van der Waals surface area contributed by atoms with E-state index in [1.165, 1.54) is 23.5 Å². The van der Waals surface area contributed by atoms with Gasteiger partial charge in [-0.25, -0.2) is 4.39 Å². The smallest absolute Gasteiger partial charge is 0.141 e. The predicted octanol–water partition coefficient (Wildman–Crippen LogP) is 4.16. The molecule has 1 aromatic carbocycles. The number of halogens is 1. The van der Waals surface area contributed by atoms with Crippen molar-refractivity contribution >= 4 is 11.4 Å². The van der Waals surface area contributed by atoms with Gasteiger partial charge in [-0.2, -0.15) is 0 Å². The first kappa shape index (κ1) is 15.3. The van der Waals surface area contributed by atoms with Crippen LogP contribution >= 0.6 is 0 Å². The zero-order valence-corrected chi connectivity index (χ0v) is 13.0. The Morgan fingerprint density at radius 2 is 2.00 bits per heavy atom. The average Bonchev–Trinajstić information content (AvgIpc) is 2.47. The first-order valence-electron chi connectivity index (χ1n) is 7.17. The third-order valence-corrected chi connectivity index (χ3v) is 3.55. The number of nitrogens with one attached hydrogen (secondary N) is 1. The zero-order valence-electron chi connectivity index (χ0n) is 13.0. The number of hydrogen-bond acceptors (Lipinski definition) is 3. The molecule has 1 heterocycles. The SMILES string of the molecule is CCC(Nc1ccc(C)c(N(C)C)c1)c1ccc(F)cn1. The monoisotopic (exact) mass is 287 g/mol. The van der Waals surface area contributed by atoms with Crippen molar-refractivity contribution in [2.24, 2.45) is 0 Å². The lowest BCUT2D eigenvalue weighted by molar-refractivity contribution is 0.614.